The Kier molecular flexibility index (Phi) is 10.8. The molecule has 0 unspecified atom stereocenters. The molecule has 0 fully saturated rings. The number of rotatable bonds is 9. The highest BCUT2D eigenvalue weighted by molar-refractivity contribution is 14.0. The number of hydrogen-bond acceptors (Lipinski definition) is 5. The molecule has 176 valence electrons. The molecule has 7 nitrogen and oxygen atoms in total. The van der Waals surface area contributed by atoms with Crippen molar-refractivity contribution in [3.05, 3.63) is 77.5 Å². The summed E-state index contributed by atoms with van der Waals surface area (Å²) < 4.78 is 16.7. The van der Waals surface area contributed by atoms with Crippen molar-refractivity contribution in [3.63, 3.8) is 0 Å². The highest BCUT2D eigenvalue weighted by Gasteiger charge is 2.13. The number of nitrogens with one attached hydrogen (secondary N) is 2. The van der Waals surface area contributed by atoms with Gasteiger partial charge in [-0.05, 0) is 42.7 Å². The molecular weight excluding hydrogens is 531 g/mol. The highest BCUT2D eigenvalue weighted by Crippen LogP contribution is 2.39. The van der Waals surface area contributed by atoms with E-state index in [2.05, 4.69) is 39.7 Å². The van der Waals surface area contributed by atoms with Crippen LogP contribution in [0, 0.1) is 6.92 Å². The van der Waals surface area contributed by atoms with Crippen LogP contribution in [0.25, 0.3) is 0 Å². The average Bonchev–Trinajstić information content (AvgIpc) is 2.82. The smallest absolute Gasteiger partial charge is 0.219 e. The van der Waals surface area contributed by atoms with Crippen LogP contribution in [0.4, 0.5) is 0 Å². The molecule has 0 saturated carbocycles. The van der Waals surface area contributed by atoms with Crippen molar-refractivity contribution >= 4 is 29.9 Å². The average molecular weight is 562 g/mol. The lowest BCUT2D eigenvalue weighted by atomic mass is 10.1. The molecular formula is C25H31IN4O3. The first-order valence-electron chi connectivity index (χ1n) is 10.5. The molecule has 3 aromatic rings. The van der Waals surface area contributed by atoms with Gasteiger partial charge in [0.15, 0.2) is 17.5 Å². The summed E-state index contributed by atoms with van der Waals surface area (Å²) >= 11 is 0. The van der Waals surface area contributed by atoms with Crippen molar-refractivity contribution < 1.29 is 14.2 Å². The van der Waals surface area contributed by atoms with Gasteiger partial charge in [0.25, 0.3) is 0 Å². The minimum absolute atomic E-state index is 0. The Morgan fingerprint density at radius 3 is 2.27 bits per heavy atom. The van der Waals surface area contributed by atoms with Crippen LogP contribution in [0.3, 0.4) is 0 Å². The van der Waals surface area contributed by atoms with Gasteiger partial charge in [-0.2, -0.15) is 0 Å². The normalized spacial score (nSPS) is 10.7. The zero-order chi connectivity index (χ0) is 22.8. The van der Waals surface area contributed by atoms with Gasteiger partial charge in [0.2, 0.25) is 11.6 Å². The Balaban J connectivity index is 0.00000385. The second-order valence-electron chi connectivity index (χ2n) is 7.07. The number of para-hydroxylation sites is 1. The van der Waals surface area contributed by atoms with Gasteiger partial charge in [-0.25, -0.2) is 9.98 Å². The fourth-order valence-electron chi connectivity index (χ4n) is 3.09. The maximum Gasteiger partial charge on any atom is 0.219 e. The maximum absolute atomic E-state index is 5.92. The van der Waals surface area contributed by atoms with Crippen LogP contribution in [0.5, 0.6) is 23.1 Å². The van der Waals surface area contributed by atoms with Crippen molar-refractivity contribution in [3.8, 4) is 23.1 Å². The summed E-state index contributed by atoms with van der Waals surface area (Å²) in [6.07, 6.45) is 1.76. The number of ether oxygens (including phenoxy) is 3. The summed E-state index contributed by atoms with van der Waals surface area (Å²) in [6.45, 7) is 6.14. The summed E-state index contributed by atoms with van der Waals surface area (Å²) in [6, 6.07) is 17.5. The Bertz CT molecular complexity index is 1020. The molecule has 0 aliphatic carbocycles. The number of pyridine rings is 1. The number of aliphatic imine (C=N–C) groups is 1. The van der Waals surface area contributed by atoms with E-state index >= 15 is 0 Å². The molecule has 0 radical (unpaired) electrons. The van der Waals surface area contributed by atoms with Gasteiger partial charge in [0, 0.05) is 25.4 Å². The summed E-state index contributed by atoms with van der Waals surface area (Å²) in [5.41, 5.74) is 3.47. The monoisotopic (exact) mass is 562 g/mol. The lowest BCUT2D eigenvalue weighted by Gasteiger charge is -2.13. The minimum atomic E-state index is 0. The number of nitrogens with zero attached hydrogens (tertiary/aromatic N) is 2. The SMILES string of the molecule is CCNC(=NCc1ccc(Oc2c(OC)cccc2OC)nc1)NCc1ccccc1C.I. The molecule has 33 heavy (non-hydrogen) atoms. The zero-order valence-electron chi connectivity index (χ0n) is 19.4. The lowest BCUT2D eigenvalue weighted by molar-refractivity contribution is 0.342. The van der Waals surface area contributed by atoms with E-state index in [1.807, 2.05) is 49.4 Å². The van der Waals surface area contributed by atoms with Gasteiger partial charge in [0.1, 0.15) is 0 Å². The van der Waals surface area contributed by atoms with Gasteiger partial charge in [0.05, 0.1) is 20.8 Å². The van der Waals surface area contributed by atoms with Gasteiger partial charge in [-0.3, -0.25) is 0 Å². The largest absolute Gasteiger partial charge is 0.493 e. The molecule has 2 N–H and O–H groups in total. The van der Waals surface area contributed by atoms with E-state index in [-0.39, 0.29) is 24.0 Å². The van der Waals surface area contributed by atoms with Crippen LogP contribution in [-0.4, -0.2) is 31.7 Å². The quantitative estimate of drug-likeness (QED) is 0.216. The first kappa shape index (κ1) is 26.2. The number of aryl methyl sites for hydroxylation is 1. The maximum atomic E-state index is 5.92. The molecule has 2 aromatic carbocycles. The fraction of sp³-hybridized carbons (Fsp3) is 0.280. The summed E-state index contributed by atoms with van der Waals surface area (Å²) in [5, 5.41) is 6.66. The lowest BCUT2D eigenvalue weighted by Crippen LogP contribution is -2.36. The second kappa shape index (κ2) is 13.5. The fourth-order valence-corrected chi connectivity index (χ4v) is 3.09. The van der Waals surface area contributed by atoms with E-state index in [1.165, 1.54) is 11.1 Å². The molecule has 0 aliphatic heterocycles. The number of guanidine groups is 1. The molecule has 3 rings (SSSR count). The Morgan fingerprint density at radius 1 is 0.939 bits per heavy atom. The van der Waals surface area contributed by atoms with Crippen LogP contribution >= 0.6 is 24.0 Å². The number of halogens is 1. The van der Waals surface area contributed by atoms with E-state index in [0.717, 1.165) is 18.1 Å². The van der Waals surface area contributed by atoms with Gasteiger partial charge >= 0.3 is 0 Å². The van der Waals surface area contributed by atoms with Gasteiger partial charge < -0.3 is 24.8 Å². The van der Waals surface area contributed by atoms with Crippen LogP contribution in [0.15, 0.2) is 65.8 Å². The van der Waals surface area contributed by atoms with E-state index in [1.54, 1.807) is 20.4 Å². The number of aromatic nitrogens is 1. The van der Waals surface area contributed by atoms with Crippen LogP contribution in [0.1, 0.15) is 23.6 Å². The first-order chi connectivity index (χ1) is 15.6. The van der Waals surface area contributed by atoms with Gasteiger partial charge in [-0.1, -0.05) is 36.4 Å². The molecule has 8 heteroatoms. The minimum Gasteiger partial charge on any atom is -0.493 e. The number of benzene rings is 2. The standard InChI is InChI=1S/C25H30N4O3.HI/c1-5-26-25(29-17-20-10-7-6-9-18(20)2)28-16-19-13-14-23(27-15-19)32-24-21(30-3)11-8-12-22(24)31-4;/h6-15H,5,16-17H2,1-4H3,(H2,26,28,29);1H. The van der Waals surface area contributed by atoms with E-state index in [9.17, 15) is 0 Å². The Labute approximate surface area is 212 Å². The third-order valence-electron chi connectivity index (χ3n) is 4.86. The topological polar surface area (TPSA) is 77.0 Å². The second-order valence-corrected chi connectivity index (χ2v) is 7.07. The van der Waals surface area contributed by atoms with Crippen molar-refractivity contribution in [2.75, 3.05) is 20.8 Å². The molecule has 0 bridgehead atoms. The third kappa shape index (κ3) is 7.52. The summed E-state index contributed by atoms with van der Waals surface area (Å²) in [7, 11) is 3.18. The van der Waals surface area contributed by atoms with E-state index < -0.39 is 0 Å². The van der Waals surface area contributed by atoms with Crippen LogP contribution in [-0.2, 0) is 13.1 Å². The zero-order valence-corrected chi connectivity index (χ0v) is 21.8. The van der Waals surface area contributed by atoms with Crippen molar-refractivity contribution in [1.29, 1.82) is 0 Å². The Hall–Kier alpha value is -3.01. The van der Waals surface area contributed by atoms with Crippen molar-refractivity contribution in [2.24, 2.45) is 4.99 Å². The molecule has 0 amide bonds. The first-order valence-corrected chi connectivity index (χ1v) is 10.5. The molecule has 0 spiro atoms. The summed E-state index contributed by atoms with van der Waals surface area (Å²) in [5.74, 6) is 2.86. The molecule has 1 heterocycles. The third-order valence-corrected chi connectivity index (χ3v) is 4.86. The predicted molar refractivity (Wildman–Crippen MR) is 142 cm³/mol. The predicted octanol–water partition coefficient (Wildman–Crippen LogP) is 5.07. The molecule has 1 aromatic heterocycles. The molecule has 0 atom stereocenters. The highest BCUT2D eigenvalue weighted by atomic mass is 127. The number of hydrogen-bond donors (Lipinski definition) is 2. The van der Waals surface area contributed by atoms with Crippen LogP contribution < -0.4 is 24.8 Å². The summed E-state index contributed by atoms with van der Waals surface area (Å²) in [4.78, 5) is 9.08. The number of methoxy groups -OCH3 is 2. The molecule has 0 saturated heterocycles. The van der Waals surface area contributed by atoms with E-state index in [4.69, 9.17) is 14.2 Å². The van der Waals surface area contributed by atoms with Gasteiger partial charge in [-0.15, -0.1) is 24.0 Å². The molecule has 0 aliphatic rings. The van der Waals surface area contributed by atoms with E-state index in [0.29, 0.717) is 36.2 Å². The van der Waals surface area contributed by atoms with Crippen molar-refractivity contribution in [1.82, 2.24) is 15.6 Å². The Morgan fingerprint density at radius 2 is 1.67 bits per heavy atom. The van der Waals surface area contributed by atoms with Crippen LogP contribution in [0.2, 0.25) is 0 Å². The van der Waals surface area contributed by atoms with Crippen molar-refractivity contribution in [2.45, 2.75) is 26.9 Å².